The van der Waals surface area contributed by atoms with E-state index in [-0.39, 0.29) is 5.78 Å². The van der Waals surface area contributed by atoms with Crippen LogP contribution in [0, 0.1) is 0 Å². The largest absolute Gasteiger partial charge is 0.378 e. The average Bonchev–Trinajstić information content (AvgIpc) is 3.03. The van der Waals surface area contributed by atoms with Crippen LogP contribution in [-0.4, -0.2) is 65.0 Å². The molecule has 7 nitrogen and oxygen atoms in total. The lowest BCUT2D eigenvalue weighted by Crippen LogP contribution is -2.37. The van der Waals surface area contributed by atoms with Crippen LogP contribution in [0.3, 0.4) is 0 Å². The van der Waals surface area contributed by atoms with Crippen LogP contribution >= 0.6 is 11.3 Å². The first-order valence-electron chi connectivity index (χ1n) is 10.3. The monoisotopic (exact) mass is 413 g/mol. The molecule has 8 heteroatoms. The molecule has 1 saturated heterocycles. The third kappa shape index (κ3) is 4.55. The Hall–Kier alpha value is -2.16. The molecule has 0 amide bonds. The van der Waals surface area contributed by atoms with E-state index in [2.05, 4.69) is 23.6 Å². The summed E-state index contributed by atoms with van der Waals surface area (Å²) >= 11 is 1.68. The van der Waals surface area contributed by atoms with Crippen molar-refractivity contribution in [3.8, 4) is 0 Å². The number of rotatable bonds is 6. The van der Waals surface area contributed by atoms with Crippen LogP contribution < -0.4 is 4.90 Å². The SMILES string of the molecule is CCN(CC)Cc1nc2nc(C3=CC(=O)CC=CC3)nc(N3CCOCC3)c2s1. The summed E-state index contributed by atoms with van der Waals surface area (Å²) in [6, 6.07) is 0. The molecule has 0 unspecified atom stereocenters. The van der Waals surface area contributed by atoms with Crippen LogP contribution in [-0.2, 0) is 16.1 Å². The number of thiazole rings is 1. The van der Waals surface area contributed by atoms with Gasteiger partial charge in [0.15, 0.2) is 23.1 Å². The van der Waals surface area contributed by atoms with E-state index < -0.39 is 0 Å². The van der Waals surface area contributed by atoms with Crippen LogP contribution in [0.2, 0.25) is 0 Å². The van der Waals surface area contributed by atoms with Crippen molar-refractivity contribution in [2.75, 3.05) is 44.3 Å². The van der Waals surface area contributed by atoms with Crippen molar-refractivity contribution in [3.63, 3.8) is 0 Å². The van der Waals surface area contributed by atoms with Gasteiger partial charge in [0.1, 0.15) is 9.71 Å². The van der Waals surface area contributed by atoms with Crippen molar-refractivity contribution in [1.29, 1.82) is 0 Å². The summed E-state index contributed by atoms with van der Waals surface area (Å²) in [6.45, 7) is 10.1. The summed E-state index contributed by atoms with van der Waals surface area (Å²) in [5.74, 6) is 1.61. The average molecular weight is 414 g/mol. The third-order valence-corrected chi connectivity index (χ3v) is 6.32. The molecule has 0 atom stereocenters. The molecule has 3 heterocycles. The maximum Gasteiger partial charge on any atom is 0.176 e. The van der Waals surface area contributed by atoms with Gasteiger partial charge in [0.05, 0.1) is 19.8 Å². The lowest BCUT2D eigenvalue weighted by molar-refractivity contribution is -0.113. The number of ketones is 1. The fraction of sp³-hybridized carbons (Fsp3) is 0.524. The van der Waals surface area contributed by atoms with Gasteiger partial charge in [0.2, 0.25) is 0 Å². The number of morpholine rings is 1. The number of allylic oxidation sites excluding steroid dienone is 4. The molecule has 2 aromatic heterocycles. The lowest BCUT2D eigenvalue weighted by Gasteiger charge is -2.28. The Morgan fingerprint density at radius 1 is 1.10 bits per heavy atom. The van der Waals surface area contributed by atoms with Crippen molar-refractivity contribution in [2.24, 2.45) is 0 Å². The van der Waals surface area contributed by atoms with Gasteiger partial charge in [-0.1, -0.05) is 26.0 Å². The molecule has 2 aromatic rings. The Balaban J connectivity index is 1.78. The van der Waals surface area contributed by atoms with Gasteiger partial charge in [-0.05, 0) is 25.6 Å². The number of aromatic nitrogens is 3. The number of carbonyl (C=O) groups excluding carboxylic acids is 1. The second-order valence-electron chi connectivity index (χ2n) is 7.21. The first-order valence-corrected chi connectivity index (χ1v) is 11.1. The summed E-state index contributed by atoms with van der Waals surface area (Å²) in [4.78, 5) is 31.2. The zero-order valence-corrected chi connectivity index (χ0v) is 17.9. The number of nitrogens with zero attached hydrogens (tertiary/aromatic N) is 5. The molecule has 1 aliphatic heterocycles. The highest BCUT2D eigenvalue weighted by atomic mass is 32.1. The molecule has 0 bridgehead atoms. The molecule has 0 radical (unpaired) electrons. The van der Waals surface area contributed by atoms with Gasteiger partial charge < -0.3 is 9.64 Å². The standard InChI is InChI=1S/C21H27N5O2S/c1-3-25(4-2)14-17-22-20-18(29-17)21(26-9-11-28-12-10-26)24-19(23-20)15-7-5-6-8-16(27)13-15/h5-6,13H,3-4,7-12,14H2,1-2H3. The Kier molecular flexibility index (Phi) is 6.32. The maximum absolute atomic E-state index is 12.1. The number of hydrogen-bond donors (Lipinski definition) is 0. The van der Waals surface area contributed by atoms with E-state index in [9.17, 15) is 4.79 Å². The van der Waals surface area contributed by atoms with E-state index >= 15 is 0 Å². The summed E-state index contributed by atoms with van der Waals surface area (Å²) in [7, 11) is 0. The van der Waals surface area contributed by atoms with Crippen molar-refractivity contribution in [3.05, 3.63) is 29.1 Å². The topological polar surface area (TPSA) is 71.5 Å². The van der Waals surface area contributed by atoms with Gasteiger partial charge in [-0.25, -0.2) is 15.0 Å². The third-order valence-electron chi connectivity index (χ3n) is 5.29. The van der Waals surface area contributed by atoms with E-state index in [1.807, 2.05) is 12.2 Å². The van der Waals surface area contributed by atoms with E-state index in [1.165, 1.54) is 0 Å². The molecule has 0 spiro atoms. The minimum absolute atomic E-state index is 0.0888. The zero-order chi connectivity index (χ0) is 20.2. The molecule has 1 fully saturated rings. The van der Waals surface area contributed by atoms with Gasteiger partial charge in [-0.3, -0.25) is 9.69 Å². The molecule has 154 valence electrons. The highest BCUT2D eigenvalue weighted by Crippen LogP contribution is 2.33. The van der Waals surface area contributed by atoms with Gasteiger partial charge in [-0.15, -0.1) is 11.3 Å². The number of carbonyl (C=O) groups is 1. The van der Waals surface area contributed by atoms with Crippen molar-refractivity contribution >= 4 is 38.9 Å². The lowest BCUT2D eigenvalue weighted by atomic mass is 10.1. The van der Waals surface area contributed by atoms with Crippen molar-refractivity contribution in [2.45, 2.75) is 33.2 Å². The summed E-state index contributed by atoms with van der Waals surface area (Å²) in [5.41, 5.74) is 1.59. The van der Waals surface area contributed by atoms with Crippen molar-refractivity contribution in [1.82, 2.24) is 19.9 Å². The van der Waals surface area contributed by atoms with E-state index in [1.54, 1.807) is 17.4 Å². The fourth-order valence-corrected chi connectivity index (χ4v) is 4.63. The molecule has 0 aromatic carbocycles. The summed E-state index contributed by atoms with van der Waals surface area (Å²) in [6.07, 6.45) is 6.72. The Morgan fingerprint density at radius 3 is 2.62 bits per heavy atom. The van der Waals surface area contributed by atoms with E-state index in [0.717, 1.165) is 59.5 Å². The molecule has 0 saturated carbocycles. The zero-order valence-electron chi connectivity index (χ0n) is 17.1. The maximum atomic E-state index is 12.1. The Bertz CT molecular complexity index is 942. The summed E-state index contributed by atoms with van der Waals surface area (Å²) < 4.78 is 6.55. The predicted octanol–water partition coefficient (Wildman–Crippen LogP) is 3.07. The smallest absolute Gasteiger partial charge is 0.176 e. The second-order valence-corrected chi connectivity index (χ2v) is 8.29. The normalized spacial score (nSPS) is 17.8. The molecular formula is C21H27N5O2S. The first-order chi connectivity index (χ1) is 14.2. The van der Waals surface area contributed by atoms with Crippen molar-refractivity contribution < 1.29 is 9.53 Å². The van der Waals surface area contributed by atoms with Crippen LogP contribution in [0.1, 0.15) is 37.5 Å². The van der Waals surface area contributed by atoms with E-state index in [4.69, 9.17) is 19.7 Å². The van der Waals surface area contributed by atoms with Gasteiger partial charge in [-0.2, -0.15) is 0 Å². The molecule has 0 N–H and O–H groups in total. The Morgan fingerprint density at radius 2 is 1.86 bits per heavy atom. The van der Waals surface area contributed by atoms with Gasteiger partial charge in [0.25, 0.3) is 0 Å². The number of fused-ring (bicyclic) bond motifs is 1. The molecule has 4 rings (SSSR count). The van der Waals surface area contributed by atoms with Crippen LogP contribution in [0.4, 0.5) is 5.82 Å². The molecule has 1 aliphatic carbocycles. The minimum atomic E-state index is 0.0888. The van der Waals surface area contributed by atoms with Crippen LogP contribution in [0.15, 0.2) is 18.2 Å². The van der Waals surface area contributed by atoms with Crippen LogP contribution in [0.5, 0.6) is 0 Å². The minimum Gasteiger partial charge on any atom is -0.378 e. The second kappa shape index (κ2) is 9.11. The molecule has 29 heavy (non-hydrogen) atoms. The fourth-order valence-electron chi connectivity index (χ4n) is 3.57. The van der Waals surface area contributed by atoms with Gasteiger partial charge in [0, 0.05) is 25.1 Å². The van der Waals surface area contributed by atoms with E-state index in [0.29, 0.717) is 31.9 Å². The highest BCUT2D eigenvalue weighted by Gasteiger charge is 2.22. The highest BCUT2D eigenvalue weighted by molar-refractivity contribution is 7.19. The first kappa shape index (κ1) is 20.1. The van der Waals surface area contributed by atoms with Gasteiger partial charge >= 0.3 is 0 Å². The molecule has 2 aliphatic rings. The summed E-state index contributed by atoms with van der Waals surface area (Å²) in [5, 5.41) is 1.05. The predicted molar refractivity (Wildman–Crippen MR) is 116 cm³/mol. The number of anilines is 1. The molecular weight excluding hydrogens is 386 g/mol. The number of ether oxygens (including phenoxy) is 1. The quantitative estimate of drug-likeness (QED) is 0.674. The Labute approximate surface area is 175 Å². The van der Waals surface area contributed by atoms with Crippen LogP contribution in [0.25, 0.3) is 15.9 Å². The number of hydrogen-bond acceptors (Lipinski definition) is 8.